The maximum Gasteiger partial charge on any atom is 0.514 e. The van der Waals surface area contributed by atoms with Gasteiger partial charge in [0, 0.05) is 25.0 Å². The summed E-state index contributed by atoms with van der Waals surface area (Å²) in [5.41, 5.74) is -1.30. The predicted octanol–water partition coefficient (Wildman–Crippen LogP) is 16.6. The number of esters is 3. The van der Waals surface area contributed by atoms with Crippen LogP contribution in [0.25, 0.3) is 0 Å². The molecule has 0 saturated heterocycles. The Morgan fingerprint density at radius 2 is 0.958 bits per heavy atom. The topological polar surface area (TPSA) is 158 Å². The van der Waals surface area contributed by atoms with Gasteiger partial charge >= 0.3 is 24.1 Å². The Morgan fingerprint density at radius 3 is 1.41 bits per heavy atom. The number of nitro groups is 1. The molecule has 0 spiro atoms. The molecule has 12 heteroatoms. The summed E-state index contributed by atoms with van der Waals surface area (Å²) in [6, 6.07) is 5.07. The molecule has 71 heavy (non-hydrogen) atoms. The van der Waals surface area contributed by atoms with Gasteiger partial charge in [-0.25, -0.2) is 4.79 Å². The van der Waals surface area contributed by atoms with Crippen LogP contribution in [0, 0.1) is 15.5 Å². The Kier molecular flexibility index (Phi) is 36.8. The lowest BCUT2D eigenvalue weighted by atomic mass is 9.93. The molecule has 1 aliphatic rings. The Morgan fingerprint density at radius 1 is 0.549 bits per heavy atom. The third kappa shape index (κ3) is 32.1. The minimum Gasteiger partial charge on any atom is -0.462 e. The van der Waals surface area contributed by atoms with Crippen molar-refractivity contribution in [3.63, 3.8) is 0 Å². The number of unbranched alkanes of at least 4 members (excludes halogenated alkanes) is 21. The van der Waals surface area contributed by atoms with Gasteiger partial charge in [0.2, 0.25) is 0 Å². The van der Waals surface area contributed by atoms with Gasteiger partial charge in [0.1, 0.15) is 30.5 Å². The van der Waals surface area contributed by atoms with Crippen LogP contribution in [-0.2, 0) is 33.3 Å². The molecule has 0 amide bonds. The van der Waals surface area contributed by atoms with Crippen LogP contribution in [0.3, 0.4) is 0 Å². The summed E-state index contributed by atoms with van der Waals surface area (Å²) < 4.78 is 28.5. The molecule has 0 aromatic heterocycles. The zero-order valence-electron chi connectivity index (χ0n) is 44.3. The molecule has 0 radical (unpaired) electrons. The highest BCUT2D eigenvalue weighted by Crippen LogP contribution is 2.53. The van der Waals surface area contributed by atoms with Gasteiger partial charge in [0.15, 0.2) is 6.10 Å². The fraction of sp³-hybridized carbons (Fsp3) is 0.695. The van der Waals surface area contributed by atoms with Crippen LogP contribution in [-0.4, -0.2) is 54.4 Å². The summed E-state index contributed by atoms with van der Waals surface area (Å²) in [6.45, 7) is 6.04. The molecule has 1 aromatic carbocycles. The molecule has 1 aliphatic carbocycles. The van der Waals surface area contributed by atoms with E-state index in [4.69, 9.17) is 23.7 Å². The molecule has 1 unspecified atom stereocenters. The van der Waals surface area contributed by atoms with E-state index in [1.54, 1.807) is 0 Å². The highest BCUT2D eigenvalue weighted by Gasteiger charge is 2.59. The van der Waals surface area contributed by atoms with Gasteiger partial charge in [0.25, 0.3) is 5.69 Å². The zero-order chi connectivity index (χ0) is 51.5. The quantitative estimate of drug-likeness (QED) is 0.0116. The van der Waals surface area contributed by atoms with Crippen LogP contribution in [0.4, 0.5) is 10.5 Å². The van der Waals surface area contributed by atoms with Crippen molar-refractivity contribution in [2.24, 2.45) is 5.41 Å². The minimum absolute atomic E-state index is 0.0645. The first-order valence-corrected chi connectivity index (χ1v) is 27.9. The van der Waals surface area contributed by atoms with Crippen molar-refractivity contribution in [3.8, 4) is 5.75 Å². The number of nitro benzene ring substituents is 1. The number of benzene rings is 1. The molecule has 1 saturated carbocycles. The van der Waals surface area contributed by atoms with E-state index >= 15 is 0 Å². The number of non-ortho nitro benzene ring substituents is 1. The van der Waals surface area contributed by atoms with Gasteiger partial charge in [-0.1, -0.05) is 166 Å². The van der Waals surface area contributed by atoms with E-state index in [0.717, 1.165) is 122 Å². The zero-order valence-corrected chi connectivity index (χ0v) is 44.3. The fourth-order valence-corrected chi connectivity index (χ4v) is 8.29. The largest absolute Gasteiger partial charge is 0.514 e. The van der Waals surface area contributed by atoms with Crippen LogP contribution in [0.15, 0.2) is 72.9 Å². The second-order valence-corrected chi connectivity index (χ2v) is 19.3. The maximum absolute atomic E-state index is 14.1. The molecular weight excluding hydrogens is 899 g/mol. The molecule has 12 nitrogen and oxygen atoms in total. The van der Waals surface area contributed by atoms with Crippen molar-refractivity contribution in [1.29, 1.82) is 0 Å². The lowest BCUT2D eigenvalue weighted by Crippen LogP contribution is -2.40. The number of carbonyl (C=O) groups is 4. The summed E-state index contributed by atoms with van der Waals surface area (Å²) in [6.07, 6.45) is 46.2. The van der Waals surface area contributed by atoms with E-state index in [9.17, 15) is 29.3 Å². The monoisotopic (exact) mass is 992 g/mol. The Labute approximate surface area is 428 Å². The Hall–Kier alpha value is -4.74. The van der Waals surface area contributed by atoms with Crippen LogP contribution in [0.5, 0.6) is 5.75 Å². The van der Waals surface area contributed by atoms with Crippen molar-refractivity contribution < 1.29 is 47.8 Å². The third-order valence-electron chi connectivity index (χ3n) is 12.9. The van der Waals surface area contributed by atoms with Crippen molar-refractivity contribution in [2.75, 3.05) is 13.2 Å². The first-order valence-electron chi connectivity index (χ1n) is 27.9. The molecular formula is C59H93NO11. The highest BCUT2D eigenvalue weighted by atomic mass is 16.7. The smallest absolute Gasteiger partial charge is 0.462 e. The molecule has 1 fully saturated rings. The lowest BCUT2D eigenvalue weighted by molar-refractivity contribution is -0.384. The number of rotatable bonds is 45. The molecule has 0 heterocycles. The van der Waals surface area contributed by atoms with Crippen molar-refractivity contribution in [2.45, 2.75) is 245 Å². The molecule has 2 rings (SSSR count). The lowest BCUT2D eigenvalue weighted by Gasteiger charge is -2.27. The summed E-state index contributed by atoms with van der Waals surface area (Å²) in [5.74, 6) is -1.37. The molecule has 400 valence electrons. The predicted molar refractivity (Wildman–Crippen MR) is 284 cm³/mol. The van der Waals surface area contributed by atoms with Crippen molar-refractivity contribution in [3.05, 3.63) is 83.0 Å². The van der Waals surface area contributed by atoms with Crippen LogP contribution in [0.2, 0.25) is 0 Å². The van der Waals surface area contributed by atoms with Crippen molar-refractivity contribution >= 4 is 29.8 Å². The fourth-order valence-electron chi connectivity index (χ4n) is 8.29. The van der Waals surface area contributed by atoms with E-state index in [1.807, 2.05) is 0 Å². The normalized spacial score (nSPS) is 13.6. The van der Waals surface area contributed by atoms with Gasteiger partial charge in [-0.05, 0) is 115 Å². The second-order valence-electron chi connectivity index (χ2n) is 19.3. The molecule has 1 atom stereocenters. The maximum atomic E-state index is 14.1. The van der Waals surface area contributed by atoms with Gasteiger partial charge in [-0.3, -0.25) is 24.5 Å². The average molecular weight is 992 g/mol. The molecule has 0 bridgehead atoms. The van der Waals surface area contributed by atoms with Gasteiger partial charge in [-0.2, -0.15) is 0 Å². The van der Waals surface area contributed by atoms with Crippen LogP contribution in [0.1, 0.15) is 233 Å². The number of hydrogen-bond donors (Lipinski definition) is 0. The van der Waals surface area contributed by atoms with E-state index in [0.29, 0.717) is 38.5 Å². The Bertz CT molecular complexity index is 1630. The van der Waals surface area contributed by atoms with Gasteiger partial charge in [0.05, 0.1) is 4.92 Å². The summed E-state index contributed by atoms with van der Waals surface area (Å²) in [5, 5.41) is 11.1. The Balaban J connectivity index is 1.94. The van der Waals surface area contributed by atoms with Crippen LogP contribution < -0.4 is 4.74 Å². The standard InChI is InChI=1S/C59H93NO11/c1-4-7-10-13-16-18-20-22-24-26-28-30-32-35-38-41-55(61)67-49-53(50-68-56(62)42-39-36-33-31-29-27-25-23-21-19-17-14-11-8-5-2)69-57(63)59(47-48-59)54(40-37-34-15-12-9-6-3)71-58(64)70-52-45-43-51(44-46-52)60(65)66/h16-19,22-25,43-46,53-54H,4-15,20-21,26-42,47-50H2,1-3H3/b18-16-,19-17-,24-22-,25-23-. The number of carbonyl (C=O) groups excluding carboxylic acids is 4. The van der Waals surface area contributed by atoms with E-state index in [1.165, 1.54) is 62.8 Å². The molecule has 0 aliphatic heterocycles. The van der Waals surface area contributed by atoms with E-state index in [-0.39, 0.29) is 37.5 Å². The first-order chi connectivity index (χ1) is 34.6. The minimum atomic E-state index is -1.15. The highest BCUT2D eigenvalue weighted by molar-refractivity contribution is 5.81. The van der Waals surface area contributed by atoms with E-state index in [2.05, 4.69) is 69.4 Å². The number of hydrogen-bond acceptors (Lipinski definition) is 11. The summed E-state index contributed by atoms with van der Waals surface area (Å²) >= 11 is 0. The second kappa shape index (κ2) is 41.8. The average Bonchev–Trinajstić information content (AvgIpc) is 4.18. The summed E-state index contributed by atoms with van der Waals surface area (Å²) in [4.78, 5) is 63.7. The SMILES string of the molecule is CCCCC/C=C\C/C=C\CCCCCCCC(=O)OCC(COC(=O)CCCCCCC/C=C\C/C=C\CCCCC)OC(=O)C1(C(CCCCCCCC)OC(=O)Oc2ccc([N+](=O)[O-])cc2)CC1. The molecule has 0 N–H and O–H groups in total. The first kappa shape index (κ1) is 62.4. The van der Waals surface area contributed by atoms with Crippen molar-refractivity contribution in [1.82, 2.24) is 0 Å². The molecule has 1 aromatic rings. The number of nitrogens with zero attached hydrogens (tertiary/aromatic N) is 1. The summed E-state index contributed by atoms with van der Waals surface area (Å²) in [7, 11) is 0. The van der Waals surface area contributed by atoms with E-state index < -0.39 is 46.6 Å². The third-order valence-corrected chi connectivity index (χ3v) is 12.9. The number of ether oxygens (including phenoxy) is 5. The van der Waals surface area contributed by atoms with Gasteiger partial charge in [-0.15, -0.1) is 0 Å². The van der Waals surface area contributed by atoms with Gasteiger partial charge < -0.3 is 23.7 Å². The van der Waals surface area contributed by atoms with Crippen LogP contribution >= 0.6 is 0 Å². The number of allylic oxidation sites excluding steroid dienone is 8.